The topological polar surface area (TPSA) is 61.8 Å². The number of ether oxygens (including phenoxy) is 3. The highest BCUT2D eigenvalue weighted by Gasteiger charge is 2.75. The molecule has 13 heteroatoms. The lowest BCUT2D eigenvalue weighted by atomic mass is 10.1. The first-order chi connectivity index (χ1) is 16.8. The van der Waals surface area contributed by atoms with Crippen molar-refractivity contribution in [1.82, 2.24) is 0 Å². The monoisotopic (exact) mass is 528 g/mol. The van der Waals surface area contributed by atoms with Gasteiger partial charge in [-0.25, -0.2) is 8.78 Å². The summed E-state index contributed by atoms with van der Waals surface area (Å²) < 4.78 is 117. The van der Waals surface area contributed by atoms with E-state index in [0.29, 0.717) is 17.1 Å². The Balaban J connectivity index is 1.74. The number of esters is 2. The molecule has 0 unspecified atom stereocenters. The summed E-state index contributed by atoms with van der Waals surface area (Å²) in [6, 6.07) is 15.5. The Labute approximate surface area is 199 Å². The molecule has 0 aliphatic heterocycles. The van der Waals surface area contributed by atoms with Crippen molar-refractivity contribution in [3.05, 3.63) is 60.2 Å². The Morgan fingerprint density at radius 1 is 0.778 bits per heavy atom. The van der Waals surface area contributed by atoms with Crippen LogP contribution in [0.3, 0.4) is 0 Å². The van der Waals surface area contributed by atoms with Crippen LogP contribution in [0.5, 0.6) is 11.5 Å². The van der Waals surface area contributed by atoms with Crippen LogP contribution in [0, 0.1) is 0 Å². The minimum absolute atomic E-state index is 0.158. The molecule has 198 valence electrons. The van der Waals surface area contributed by atoms with Gasteiger partial charge < -0.3 is 14.2 Å². The van der Waals surface area contributed by atoms with Gasteiger partial charge in [-0.2, -0.15) is 26.3 Å². The molecule has 0 aromatic heterocycles. The maximum Gasteiger partial charge on any atom is 0.381 e. The van der Waals surface area contributed by atoms with Crippen LogP contribution < -0.4 is 4.74 Å². The fraction of sp³-hybridized carbons (Fsp3) is 0.391. The van der Waals surface area contributed by atoms with Crippen LogP contribution in [-0.2, 0) is 25.7 Å². The normalized spacial score (nSPS) is 12.4. The zero-order valence-electron chi connectivity index (χ0n) is 18.4. The lowest BCUT2D eigenvalue weighted by Gasteiger charge is -2.31. The van der Waals surface area contributed by atoms with E-state index in [4.69, 9.17) is 9.47 Å². The molecule has 0 aliphatic rings. The molecular weight excluding hydrogens is 508 g/mol. The Morgan fingerprint density at radius 2 is 1.36 bits per heavy atom. The molecule has 0 radical (unpaired) electrons. The van der Waals surface area contributed by atoms with E-state index < -0.39 is 49.2 Å². The van der Waals surface area contributed by atoms with Crippen LogP contribution in [0.2, 0.25) is 0 Å². The molecule has 0 bridgehead atoms. The molecule has 0 saturated carbocycles. The highest BCUT2D eigenvalue weighted by Crippen LogP contribution is 2.48. The van der Waals surface area contributed by atoms with Gasteiger partial charge in [-0.05, 0) is 36.2 Å². The van der Waals surface area contributed by atoms with E-state index in [2.05, 4.69) is 4.74 Å². The fourth-order valence-corrected chi connectivity index (χ4v) is 2.65. The predicted octanol–water partition coefficient (Wildman–Crippen LogP) is 6.41. The second-order valence-corrected chi connectivity index (χ2v) is 7.44. The average Bonchev–Trinajstić information content (AvgIpc) is 2.82. The summed E-state index contributed by atoms with van der Waals surface area (Å²) >= 11 is 0. The van der Waals surface area contributed by atoms with Crippen molar-refractivity contribution in [2.75, 3.05) is 6.61 Å². The zero-order chi connectivity index (χ0) is 27.0. The predicted molar refractivity (Wildman–Crippen MR) is 108 cm³/mol. The quantitative estimate of drug-likeness (QED) is 0.222. The third-order valence-corrected chi connectivity index (χ3v) is 4.61. The molecule has 36 heavy (non-hydrogen) atoms. The van der Waals surface area contributed by atoms with Crippen molar-refractivity contribution in [2.45, 2.75) is 50.1 Å². The molecule has 0 spiro atoms. The maximum atomic E-state index is 13.4. The molecule has 2 aromatic rings. The van der Waals surface area contributed by atoms with E-state index in [9.17, 15) is 44.7 Å². The summed E-state index contributed by atoms with van der Waals surface area (Å²) in [5.74, 6) is -19.8. The number of para-hydroxylation sites is 1. The van der Waals surface area contributed by atoms with Gasteiger partial charge in [-0.15, -0.1) is 0 Å². The van der Waals surface area contributed by atoms with Gasteiger partial charge in [0.15, 0.2) is 6.61 Å². The van der Waals surface area contributed by atoms with Crippen LogP contribution in [-0.4, -0.2) is 42.7 Å². The molecule has 0 amide bonds. The minimum atomic E-state index is -6.47. The van der Waals surface area contributed by atoms with Crippen LogP contribution in [0.15, 0.2) is 54.6 Å². The molecule has 0 aliphatic carbocycles. The van der Waals surface area contributed by atoms with E-state index in [1.165, 1.54) is 0 Å². The molecule has 0 fully saturated rings. The number of alkyl halides is 8. The second-order valence-electron chi connectivity index (χ2n) is 7.44. The Kier molecular flexibility index (Phi) is 9.65. The van der Waals surface area contributed by atoms with E-state index >= 15 is 0 Å². The van der Waals surface area contributed by atoms with Gasteiger partial charge in [0.05, 0.1) is 0 Å². The molecule has 0 heterocycles. The highest BCUT2D eigenvalue weighted by molar-refractivity contribution is 5.72. The van der Waals surface area contributed by atoms with Gasteiger partial charge in [0.1, 0.15) is 18.1 Å². The second kappa shape index (κ2) is 12.0. The molecular formula is C23H20F8O5. The first-order valence-corrected chi connectivity index (χ1v) is 10.3. The van der Waals surface area contributed by atoms with Crippen molar-refractivity contribution in [1.29, 1.82) is 0 Å². The van der Waals surface area contributed by atoms with Crippen molar-refractivity contribution < 1.29 is 58.9 Å². The van der Waals surface area contributed by atoms with Crippen molar-refractivity contribution in [3.8, 4) is 11.5 Å². The number of hydrogen-bond acceptors (Lipinski definition) is 5. The number of benzene rings is 2. The van der Waals surface area contributed by atoms with E-state index in [-0.39, 0.29) is 19.4 Å². The molecule has 0 N–H and O–H groups in total. The molecule has 5 nitrogen and oxygen atoms in total. The van der Waals surface area contributed by atoms with E-state index in [0.717, 1.165) is 0 Å². The third kappa shape index (κ3) is 7.56. The molecule has 0 atom stereocenters. The van der Waals surface area contributed by atoms with Gasteiger partial charge in [0, 0.05) is 12.8 Å². The highest BCUT2D eigenvalue weighted by atomic mass is 19.4. The summed E-state index contributed by atoms with van der Waals surface area (Å²) in [7, 11) is 0. The number of carbonyl (C=O) groups is 2. The van der Waals surface area contributed by atoms with E-state index in [1.807, 2.05) is 6.07 Å². The Morgan fingerprint density at radius 3 is 1.97 bits per heavy atom. The number of carbonyl (C=O) groups excluding carboxylic acids is 2. The molecule has 0 saturated heterocycles. The number of hydrogen-bond donors (Lipinski definition) is 0. The standard InChI is InChI=1S/C23H20F8O5/c24-20(25)22(28,29)23(30,31)21(26,27)14-35-19(33)11-5-10-18(32)34-13-15-6-4-9-17(12-15)36-16-7-2-1-3-8-16/h1-4,6-9,12,20H,5,10-11,13-14H2. The molecule has 2 aromatic carbocycles. The largest absolute Gasteiger partial charge is 0.461 e. The smallest absolute Gasteiger partial charge is 0.381 e. The minimum Gasteiger partial charge on any atom is -0.461 e. The molecule has 2 rings (SSSR count). The van der Waals surface area contributed by atoms with Crippen LogP contribution >= 0.6 is 0 Å². The van der Waals surface area contributed by atoms with Crippen LogP contribution in [0.4, 0.5) is 35.1 Å². The number of rotatable bonds is 13. The van der Waals surface area contributed by atoms with Gasteiger partial charge in [0.25, 0.3) is 0 Å². The van der Waals surface area contributed by atoms with Gasteiger partial charge in [-0.3, -0.25) is 9.59 Å². The summed E-state index contributed by atoms with van der Waals surface area (Å²) in [5, 5.41) is 0. The van der Waals surface area contributed by atoms with Crippen LogP contribution in [0.25, 0.3) is 0 Å². The Bertz CT molecular complexity index is 1010. The maximum absolute atomic E-state index is 13.4. The van der Waals surface area contributed by atoms with Crippen LogP contribution in [0.1, 0.15) is 24.8 Å². The summed E-state index contributed by atoms with van der Waals surface area (Å²) in [4.78, 5) is 23.3. The first-order valence-electron chi connectivity index (χ1n) is 10.3. The zero-order valence-corrected chi connectivity index (χ0v) is 18.4. The summed E-state index contributed by atoms with van der Waals surface area (Å²) in [6.07, 6.45) is -6.48. The average molecular weight is 528 g/mol. The number of halogens is 8. The lowest BCUT2D eigenvalue weighted by molar-refractivity contribution is -0.344. The first kappa shape index (κ1) is 28.9. The van der Waals surface area contributed by atoms with Crippen molar-refractivity contribution in [2.24, 2.45) is 0 Å². The van der Waals surface area contributed by atoms with E-state index in [1.54, 1.807) is 48.5 Å². The Hall–Kier alpha value is -3.38. The summed E-state index contributed by atoms with van der Waals surface area (Å²) in [5.41, 5.74) is 0.569. The van der Waals surface area contributed by atoms with Crippen molar-refractivity contribution in [3.63, 3.8) is 0 Å². The lowest BCUT2D eigenvalue weighted by Crippen LogP contribution is -2.59. The van der Waals surface area contributed by atoms with Gasteiger partial charge in [0.2, 0.25) is 0 Å². The third-order valence-electron chi connectivity index (χ3n) is 4.61. The van der Waals surface area contributed by atoms with Gasteiger partial charge >= 0.3 is 36.1 Å². The van der Waals surface area contributed by atoms with Crippen molar-refractivity contribution >= 4 is 11.9 Å². The fourth-order valence-electron chi connectivity index (χ4n) is 2.65. The summed E-state index contributed by atoms with van der Waals surface area (Å²) in [6.45, 7) is -2.71. The van der Waals surface area contributed by atoms with Gasteiger partial charge in [-0.1, -0.05) is 30.3 Å². The SMILES string of the molecule is O=C(CCCC(=O)OCC(F)(F)C(F)(F)C(F)(F)C(F)F)OCc1cccc(Oc2ccccc2)c1.